The standard InChI is InChI=1S/C31H44N12O3/c32-23(13-7-16-38-30(34)35)28(45)41-25-19-43(18-15-22(20-9-3-1-4-10-20)21-11-5-2-6-12-21)42-26(25)29(46)40-24(27(33)44)14-8-17-39-31(36)37/h1-6,9-12,19,22-24H,7-8,13-18,32H2,(H2,33,44)(H,40,46)(H,41,45)(H4,34,35,38)(H4,36,37,39)/t23-,24-/m0/s1. The van der Waals surface area contributed by atoms with Gasteiger partial charge in [0.05, 0.1) is 11.7 Å². The molecule has 46 heavy (non-hydrogen) atoms. The first-order valence-electron chi connectivity index (χ1n) is 15.0. The third-order valence-corrected chi connectivity index (χ3v) is 7.18. The zero-order chi connectivity index (χ0) is 33.5. The molecule has 0 unspecified atom stereocenters. The third kappa shape index (κ3) is 11.2. The van der Waals surface area contributed by atoms with Crippen LogP contribution < -0.4 is 45.0 Å². The molecular weight excluding hydrogens is 588 g/mol. The molecule has 0 aliphatic rings. The van der Waals surface area contributed by atoms with E-state index in [9.17, 15) is 14.4 Å². The van der Waals surface area contributed by atoms with E-state index in [1.165, 1.54) is 0 Å². The first-order chi connectivity index (χ1) is 22.0. The number of anilines is 1. The SMILES string of the molecule is NC(=O)[C@H](CCCN=C(N)N)NC(=O)c1nn(CCC(c2ccccc2)c2ccccc2)cc1NC(=O)[C@@H](N)CCCN=C(N)N. The summed E-state index contributed by atoms with van der Waals surface area (Å²) in [6, 6.07) is 18.2. The van der Waals surface area contributed by atoms with Crippen LogP contribution >= 0.6 is 0 Å². The smallest absolute Gasteiger partial charge is 0.274 e. The first-order valence-corrected chi connectivity index (χ1v) is 15.0. The number of aromatic nitrogens is 2. The summed E-state index contributed by atoms with van der Waals surface area (Å²) in [5, 5.41) is 9.85. The Morgan fingerprint density at radius 3 is 1.85 bits per heavy atom. The zero-order valence-electron chi connectivity index (χ0n) is 25.7. The Bertz CT molecular complexity index is 1440. The second-order valence-electron chi connectivity index (χ2n) is 10.7. The lowest BCUT2D eigenvalue weighted by Crippen LogP contribution is -2.45. The monoisotopic (exact) mass is 632 g/mol. The van der Waals surface area contributed by atoms with Crippen molar-refractivity contribution in [3.8, 4) is 0 Å². The van der Waals surface area contributed by atoms with E-state index in [1.807, 2.05) is 36.4 Å². The summed E-state index contributed by atoms with van der Waals surface area (Å²) in [5.74, 6) is -2.03. The Morgan fingerprint density at radius 1 is 0.783 bits per heavy atom. The van der Waals surface area contributed by atoms with E-state index in [0.717, 1.165) is 11.1 Å². The van der Waals surface area contributed by atoms with Crippen molar-refractivity contribution in [2.24, 2.45) is 44.4 Å². The predicted molar refractivity (Wildman–Crippen MR) is 178 cm³/mol. The number of nitrogens with zero attached hydrogens (tertiary/aromatic N) is 4. The fourth-order valence-corrected chi connectivity index (χ4v) is 4.84. The number of carbonyl (C=O) groups is 3. The van der Waals surface area contributed by atoms with Crippen LogP contribution in [0, 0.1) is 0 Å². The number of primary amides is 1. The lowest BCUT2D eigenvalue weighted by atomic mass is 9.88. The van der Waals surface area contributed by atoms with Crippen molar-refractivity contribution in [1.82, 2.24) is 15.1 Å². The summed E-state index contributed by atoms with van der Waals surface area (Å²) in [6.07, 6.45) is 3.57. The van der Waals surface area contributed by atoms with Gasteiger partial charge < -0.3 is 45.0 Å². The van der Waals surface area contributed by atoms with Gasteiger partial charge in [-0.3, -0.25) is 29.1 Å². The first kappa shape index (κ1) is 35.0. The molecule has 0 radical (unpaired) electrons. The number of nitrogens with two attached hydrogens (primary N) is 6. The molecule has 246 valence electrons. The predicted octanol–water partition coefficient (Wildman–Crippen LogP) is 0.0620. The van der Waals surface area contributed by atoms with E-state index in [-0.39, 0.29) is 42.2 Å². The number of aryl methyl sites for hydroxylation is 1. The van der Waals surface area contributed by atoms with E-state index in [0.29, 0.717) is 38.8 Å². The normalized spacial score (nSPS) is 12.1. The van der Waals surface area contributed by atoms with Crippen molar-refractivity contribution in [2.75, 3.05) is 18.4 Å². The molecule has 3 aromatic rings. The third-order valence-electron chi connectivity index (χ3n) is 7.18. The number of hydrogen-bond acceptors (Lipinski definition) is 7. The minimum absolute atomic E-state index is 0.0463. The number of guanidine groups is 2. The fraction of sp³-hybridized carbons (Fsp3) is 0.355. The van der Waals surface area contributed by atoms with Gasteiger partial charge in [-0.25, -0.2) is 0 Å². The molecule has 3 rings (SSSR count). The van der Waals surface area contributed by atoms with Gasteiger partial charge in [0.15, 0.2) is 17.6 Å². The highest BCUT2D eigenvalue weighted by atomic mass is 16.2. The van der Waals surface area contributed by atoms with Crippen molar-refractivity contribution < 1.29 is 14.4 Å². The summed E-state index contributed by atoms with van der Waals surface area (Å²) < 4.78 is 1.59. The van der Waals surface area contributed by atoms with E-state index >= 15 is 0 Å². The number of nitrogens with one attached hydrogen (secondary N) is 2. The molecule has 0 spiro atoms. The van der Waals surface area contributed by atoms with Gasteiger partial charge in [-0.1, -0.05) is 60.7 Å². The van der Waals surface area contributed by atoms with Crippen LogP contribution in [0.2, 0.25) is 0 Å². The van der Waals surface area contributed by atoms with Crippen molar-refractivity contribution in [3.05, 3.63) is 83.7 Å². The quantitative estimate of drug-likeness (QED) is 0.0534. The van der Waals surface area contributed by atoms with Crippen LogP contribution in [0.1, 0.15) is 59.6 Å². The maximum atomic E-state index is 13.5. The molecule has 15 heteroatoms. The van der Waals surface area contributed by atoms with Gasteiger partial charge in [-0.15, -0.1) is 0 Å². The molecule has 1 aromatic heterocycles. The number of aliphatic imine (C=N–C) groups is 2. The van der Waals surface area contributed by atoms with Gasteiger partial charge in [-0.2, -0.15) is 5.10 Å². The molecule has 0 aliphatic carbocycles. The molecule has 0 bridgehead atoms. The fourth-order valence-electron chi connectivity index (χ4n) is 4.84. The molecule has 2 atom stereocenters. The summed E-state index contributed by atoms with van der Waals surface area (Å²) in [6.45, 7) is 0.979. The van der Waals surface area contributed by atoms with Crippen molar-refractivity contribution in [3.63, 3.8) is 0 Å². The van der Waals surface area contributed by atoms with Crippen LogP contribution in [0.5, 0.6) is 0 Å². The van der Waals surface area contributed by atoms with Gasteiger partial charge in [0, 0.05) is 31.7 Å². The molecular formula is C31H44N12O3. The Labute approximate surface area is 267 Å². The summed E-state index contributed by atoms with van der Waals surface area (Å²) >= 11 is 0. The Morgan fingerprint density at radius 2 is 1.33 bits per heavy atom. The van der Waals surface area contributed by atoms with Crippen molar-refractivity contribution in [2.45, 2.75) is 56.7 Å². The lowest BCUT2D eigenvalue weighted by molar-refractivity contribution is -0.120. The van der Waals surface area contributed by atoms with Gasteiger partial charge in [-0.05, 0) is 43.2 Å². The molecule has 2 aromatic carbocycles. The highest BCUT2D eigenvalue weighted by Gasteiger charge is 2.25. The van der Waals surface area contributed by atoms with Crippen LogP contribution in [0.3, 0.4) is 0 Å². The largest absolute Gasteiger partial charge is 0.370 e. The molecule has 0 fully saturated rings. The van der Waals surface area contributed by atoms with Crippen LogP contribution in [-0.2, 0) is 16.1 Å². The molecule has 3 amide bonds. The van der Waals surface area contributed by atoms with E-state index < -0.39 is 29.8 Å². The number of rotatable bonds is 18. The highest BCUT2D eigenvalue weighted by Crippen LogP contribution is 2.29. The molecule has 1 heterocycles. The number of benzene rings is 2. The topological polar surface area (TPSA) is 274 Å². The molecule has 0 saturated heterocycles. The number of carbonyl (C=O) groups excluding carboxylic acids is 3. The maximum Gasteiger partial charge on any atom is 0.274 e. The van der Waals surface area contributed by atoms with Gasteiger partial charge in [0.25, 0.3) is 5.91 Å². The molecule has 0 aliphatic heterocycles. The Kier molecular flexibility index (Phi) is 13.5. The summed E-state index contributed by atoms with van der Waals surface area (Å²) in [7, 11) is 0. The van der Waals surface area contributed by atoms with Crippen LogP contribution in [-0.4, -0.2) is 64.6 Å². The Balaban J connectivity index is 1.83. The summed E-state index contributed by atoms with van der Waals surface area (Å²) in [5.41, 5.74) is 35.4. The maximum absolute atomic E-state index is 13.5. The van der Waals surface area contributed by atoms with E-state index in [1.54, 1.807) is 10.9 Å². The molecule has 0 saturated carbocycles. The van der Waals surface area contributed by atoms with Gasteiger partial charge in [0.1, 0.15) is 6.04 Å². The molecule has 15 nitrogen and oxygen atoms in total. The average Bonchev–Trinajstić information content (AvgIpc) is 3.43. The minimum Gasteiger partial charge on any atom is -0.370 e. The van der Waals surface area contributed by atoms with Gasteiger partial charge >= 0.3 is 0 Å². The summed E-state index contributed by atoms with van der Waals surface area (Å²) in [4.78, 5) is 46.4. The Hall–Kier alpha value is -5.44. The zero-order valence-corrected chi connectivity index (χ0v) is 25.7. The highest BCUT2D eigenvalue weighted by molar-refractivity contribution is 6.04. The van der Waals surface area contributed by atoms with Gasteiger partial charge in [0.2, 0.25) is 11.8 Å². The van der Waals surface area contributed by atoms with E-state index in [4.69, 9.17) is 34.4 Å². The van der Waals surface area contributed by atoms with E-state index in [2.05, 4.69) is 50.0 Å². The van der Waals surface area contributed by atoms with Crippen LogP contribution in [0.15, 0.2) is 76.8 Å². The number of amides is 3. The minimum atomic E-state index is -1.02. The second-order valence-corrected chi connectivity index (χ2v) is 10.7. The van der Waals surface area contributed by atoms with Crippen molar-refractivity contribution in [1.29, 1.82) is 0 Å². The van der Waals surface area contributed by atoms with Crippen LogP contribution in [0.4, 0.5) is 5.69 Å². The van der Waals surface area contributed by atoms with Crippen molar-refractivity contribution >= 4 is 35.3 Å². The average molecular weight is 633 g/mol. The molecule has 14 N–H and O–H groups in total. The number of hydrogen-bond donors (Lipinski definition) is 8. The second kappa shape index (κ2) is 17.8. The lowest BCUT2D eigenvalue weighted by Gasteiger charge is -2.18. The van der Waals surface area contributed by atoms with Crippen LogP contribution in [0.25, 0.3) is 0 Å².